The highest BCUT2D eigenvalue weighted by molar-refractivity contribution is 5.15. The molecule has 1 heterocycles. The smallest absolute Gasteiger partial charge is 0.411 e. The molecule has 0 amide bonds. The van der Waals surface area contributed by atoms with Gasteiger partial charge in [0.2, 0.25) is 0 Å². The molecule has 0 saturated carbocycles. The van der Waals surface area contributed by atoms with E-state index >= 15 is 0 Å². The lowest BCUT2D eigenvalue weighted by atomic mass is 10.2. The summed E-state index contributed by atoms with van der Waals surface area (Å²) in [6, 6.07) is 1.70. The second-order valence-corrected chi connectivity index (χ2v) is 3.01. The molecular formula is C9H12F3NO2. The van der Waals surface area contributed by atoms with E-state index in [1.54, 1.807) is 13.1 Å². The van der Waals surface area contributed by atoms with Gasteiger partial charge in [-0.05, 0) is 13.1 Å². The molecule has 1 rings (SSSR count). The van der Waals surface area contributed by atoms with E-state index in [1.165, 1.54) is 6.26 Å². The molecule has 0 aliphatic rings. The summed E-state index contributed by atoms with van der Waals surface area (Å²) >= 11 is 0. The van der Waals surface area contributed by atoms with E-state index in [9.17, 15) is 13.2 Å². The zero-order valence-corrected chi connectivity index (χ0v) is 8.23. The molecule has 0 aromatic carbocycles. The van der Waals surface area contributed by atoms with Crippen molar-refractivity contribution in [3.63, 3.8) is 0 Å². The molecule has 3 nitrogen and oxygen atoms in total. The largest absolute Gasteiger partial charge is 0.467 e. The highest BCUT2D eigenvalue weighted by Crippen LogP contribution is 2.17. The van der Waals surface area contributed by atoms with Gasteiger partial charge in [0.25, 0.3) is 0 Å². The lowest BCUT2D eigenvalue weighted by Gasteiger charge is -2.07. The third-order valence-corrected chi connectivity index (χ3v) is 1.70. The first kappa shape index (κ1) is 12.1. The molecular weight excluding hydrogens is 211 g/mol. The summed E-state index contributed by atoms with van der Waals surface area (Å²) in [5, 5.41) is 2.88. The minimum atomic E-state index is -4.30. The normalized spacial score (nSPS) is 12.0. The van der Waals surface area contributed by atoms with Gasteiger partial charge in [-0.1, -0.05) is 0 Å². The Morgan fingerprint density at radius 1 is 1.47 bits per heavy atom. The Balaban J connectivity index is 2.40. The topological polar surface area (TPSA) is 34.4 Å². The summed E-state index contributed by atoms with van der Waals surface area (Å²) < 4.78 is 44.8. The average molecular weight is 223 g/mol. The van der Waals surface area contributed by atoms with Crippen LogP contribution in [0.1, 0.15) is 11.3 Å². The van der Waals surface area contributed by atoms with Crippen LogP contribution >= 0.6 is 0 Å². The highest BCUT2D eigenvalue weighted by Gasteiger charge is 2.27. The van der Waals surface area contributed by atoms with Gasteiger partial charge >= 0.3 is 6.18 Å². The van der Waals surface area contributed by atoms with Gasteiger partial charge in [0.15, 0.2) is 0 Å². The molecule has 0 radical (unpaired) electrons. The van der Waals surface area contributed by atoms with Crippen LogP contribution in [-0.2, 0) is 17.9 Å². The zero-order chi connectivity index (χ0) is 11.3. The van der Waals surface area contributed by atoms with Crippen molar-refractivity contribution in [2.24, 2.45) is 0 Å². The average Bonchev–Trinajstić information content (AvgIpc) is 2.51. The van der Waals surface area contributed by atoms with Crippen LogP contribution in [-0.4, -0.2) is 19.8 Å². The fourth-order valence-electron chi connectivity index (χ4n) is 1.10. The standard InChI is InChI=1S/C9H12F3NO2/c1-13-4-7-2-3-15-8(7)5-14-6-9(10,11)12/h2-3,13H,4-6H2,1H3. The first-order chi connectivity index (χ1) is 7.03. The number of furan rings is 1. The minimum Gasteiger partial charge on any atom is -0.467 e. The molecule has 6 heteroatoms. The lowest BCUT2D eigenvalue weighted by molar-refractivity contribution is -0.177. The molecule has 0 aliphatic heterocycles. The molecule has 15 heavy (non-hydrogen) atoms. The van der Waals surface area contributed by atoms with E-state index in [2.05, 4.69) is 10.1 Å². The Morgan fingerprint density at radius 2 is 2.20 bits per heavy atom. The summed E-state index contributed by atoms with van der Waals surface area (Å²) in [6.45, 7) is -0.878. The monoisotopic (exact) mass is 223 g/mol. The molecule has 0 saturated heterocycles. The summed E-state index contributed by atoms with van der Waals surface area (Å²) in [4.78, 5) is 0. The van der Waals surface area contributed by atoms with Gasteiger partial charge in [0.1, 0.15) is 19.0 Å². The van der Waals surface area contributed by atoms with Crippen molar-refractivity contribution in [3.05, 3.63) is 23.7 Å². The number of hydrogen-bond acceptors (Lipinski definition) is 3. The fourth-order valence-corrected chi connectivity index (χ4v) is 1.10. The predicted octanol–water partition coefficient (Wildman–Crippen LogP) is 2.08. The van der Waals surface area contributed by atoms with Gasteiger partial charge in [-0.2, -0.15) is 13.2 Å². The number of ether oxygens (including phenoxy) is 1. The van der Waals surface area contributed by atoms with E-state index in [1.807, 2.05) is 0 Å². The van der Waals surface area contributed by atoms with Crippen LogP contribution in [0.2, 0.25) is 0 Å². The third-order valence-electron chi connectivity index (χ3n) is 1.70. The van der Waals surface area contributed by atoms with Gasteiger partial charge in [0.05, 0.1) is 6.26 Å². The van der Waals surface area contributed by atoms with Crippen LogP contribution < -0.4 is 5.32 Å². The van der Waals surface area contributed by atoms with Crippen LogP contribution in [0.15, 0.2) is 16.7 Å². The molecule has 0 unspecified atom stereocenters. The maximum Gasteiger partial charge on any atom is 0.411 e. The Bertz CT molecular complexity index is 296. The third kappa shape index (κ3) is 4.35. The van der Waals surface area contributed by atoms with Crippen LogP contribution in [0.3, 0.4) is 0 Å². The SMILES string of the molecule is CNCc1ccoc1COCC(F)(F)F. The van der Waals surface area contributed by atoms with Gasteiger partial charge in [0, 0.05) is 12.1 Å². The molecule has 0 atom stereocenters. The Morgan fingerprint density at radius 3 is 2.80 bits per heavy atom. The zero-order valence-electron chi connectivity index (χ0n) is 8.23. The molecule has 86 valence electrons. The van der Waals surface area contributed by atoms with Crippen molar-refractivity contribution in [1.29, 1.82) is 0 Å². The Labute approximate surface area is 85.2 Å². The van der Waals surface area contributed by atoms with E-state index in [-0.39, 0.29) is 6.61 Å². The highest BCUT2D eigenvalue weighted by atomic mass is 19.4. The predicted molar refractivity (Wildman–Crippen MR) is 47.2 cm³/mol. The van der Waals surface area contributed by atoms with Gasteiger partial charge < -0.3 is 14.5 Å². The second-order valence-electron chi connectivity index (χ2n) is 3.01. The van der Waals surface area contributed by atoms with Crippen LogP contribution in [0, 0.1) is 0 Å². The Kier molecular flexibility index (Phi) is 4.16. The fraction of sp³-hybridized carbons (Fsp3) is 0.556. The molecule has 0 aliphatic carbocycles. The van der Waals surface area contributed by atoms with Crippen LogP contribution in [0.5, 0.6) is 0 Å². The first-order valence-corrected chi connectivity index (χ1v) is 4.37. The number of hydrogen-bond donors (Lipinski definition) is 1. The summed E-state index contributed by atoms with van der Waals surface area (Å²) in [5.41, 5.74) is 0.805. The van der Waals surface area contributed by atoms with Crippen molar-refractivity contribution in [2.45, 2.75) is 19.3 Å². The molecule has 1 N–H and O–H groups in total. The van der Waals surface area contributed by atoms with E-state index in [0.717, 1.165) is 5.56 Å². The van der Waals surface area contributed by atoms with Gasteiger partial charge in [-0.3, -0.25) is 0 Å². The summed E-state index contributed by atoms with van der Waals surface area (Å²) in [7, 11) is 1.74. The second kappa shape index (κ2) is 5.18. The number of rotatable bonds is 5. The first-order valence-electron chi connectivity index (χ1n) is 4.37. The molecule has 1 aromatic rings. The quantitative estimate of drug-likeness (QED) is 0.829. The van der Waals surface area contributed by atoms with Gasteiger partial charge in [-0.15, -0.1) is 0 Å². The number of nitrogens with one attached hydrogen (secondary N) is 1. The van der Waals surface area contributed by atoms with Crippen LogP contribution in [0.25, 0.3) is 0 Å². The van der Waals surface area contributed by atoms with Crippen molar-refractivity contribution in [1.82, 2.24) is 5.32 Å². The van der Waals surface area contributed by atoms with Crippen molar-refractivity contribution >= 4 is 0 Å². The minimum absolute atomic E-state index is 0.163. The van der Waals surface area contributed by atoms with Crippen molar-refractivity contribution < 1.29 is 22.3 Å². The maximum atomic E-state index is 11.8. The van der Waals surface area contributed by atoms with Crippen molar-refractivity contribution in [3.8, 4) is 0 Å². The lowest BCUT2D eigenvalue weighted by Crippen LogP contribution is -2.17. The van der Waals surface area contributed by atoms with Crippen molar-refractivity contribution in [2.75, 3.05) is 13.7 Å². The van der Waals surface area contributed by atoms with Crippen LogP contribution in [0.4, 0.5) is 13.2 Å². The molecule has 0 fully saturated rings. The Hall–Kier alpha value is -1.01. The van der Waals surface area contributed by atoms with E-state index in [4.69, 9.17) is 4.42 Å². The number of halogens is 3. The molecule has 0 spiro atoms. The van der Waals surface area contributed by atoms with E-state index < -0.39 is 12.8 Å². The molecule has 0 bridgehead atoms. The maximum absolute atomic E-state index is 11.8. The number of alkyl halides is 3. The summed E-state index contributed by atoms with van der Waals surface area (Å²) in [6.07, 6.45) is -2.87. The summed E-state index contributed by atoms with van der Waals surface area (Å²) in [5.74, 6) is 0.425. The molecule has 1 aromatic heterocycles. The van der Waals surface area contributed by atoms with E-state index in [0.29, 0.717) is 12.3 Å². The van der Waals surface area contributed by atoms with Gasteiger partial charge in [-0.25, -0.2) is 0 Å².